The molecule has 2 aromatic carbocycles. The van der Waals surface area contributed by atoms with Crippen LogP contribution in [0.3, 0.4) is 0 Å². The molecule has 148 valence electrons. The van der Waals surface area contributed by atoms with Gasteiger partial charge in [-0.25, -0.2) is 4.98 Å². The number of amides is 2. The minimum absolute atomic E-state index is 0.0778. The van der Waals surface area contributed by atoms with E-state index in [9.17, 15) is 9.59 Å². The standard InChI is InChI=1S/C20H17N3O5S/c1-26-15-5-3-2-4-14(15)22-18(24)9-13-10-29-20(21-13)23-19(25)12-6-7-16-17(8-12)28-11-27-16/h2-8,10H,9,11H2,1H3,(H,22,24)(H,21,23,25). The van der Waals surface area contributed by atoms with Crippen LogP contribution in [0.4, 0.5) is 10.8 Å². The van der Waals surface area contributed by atoms with Crippen LogP contribution in [0.15, 0.2) is 47.8 Å². The highest BCUT2D eigenvalue weighted by atomic mass is 32.1. The highest BCUT2D eigenvalue weighted by Gasteiger charge is 2.17. The lowest BCUT2D eigenvalue weighted by molar-refractivity contribution is -0.115. The Morgan fingerprint density at radius 3 is 2.83 bits per heavy atom. The van der Waals surface area contributed by atoms with Crippen LogP contribution in [0.5, 0.6) is 17.2 Å². The number of aromatic nitrogens is 1. The maximum absolute atomic E-state index is 12.4. The van der Waals surface area contributed by atoms with Crippen LogP contribution in [0, 0.1) is 0 Å². The number of para-hydroxylation sites is 2. The molecule has 2 N–H and O–H groups in total. The number of hydrogen-bond acceptors (Lipinski definition) is 7. The number of anilines is 2. The summed E-state index contributed by atoms with van der Waals surface area (Å²) >= 11 is 1.25. The Balaban J connectivity index is 1.37. The van der Waals surface area contributed by atoms with E-state index in [2.05, 4.69) is 15.6 Å². The molecule has 0 radical (unpaired) electrons. The van der Waals surface area contributed by atoms with Crippen molar-refractivity contribution >= 4 is 34.0 Å². The van der Waals surface area contributed by atoms with E-state index in [1.165, 1.54) is 11.3 Å². The van der Waals surface area contributed by atoms with Gasteiger partial charge in [0.1, 0.15) is 5.75 Å². The molecule has 1 aliphatic heterocycles. The lowest BCUT2D eigenvalue weighted by Crippen LogP contribution is -2.15. The maximum atomic E-state index is 12.4. The maximum Gasteiger partial charge on any atom is 0.257 e. The molecular weight excluding hydrogens is 394 g/mol. The van der Waals surface area contributed by atoms with Crippen molar-refractivity contribution in [1.29, 1.82) is 0 Å². The van der Waals surface area contributed by atoms with Crippen molar-refractivity contribution in [3.8, 4) is 17.2 Å². The first-order valence-corrected chi connectivity index (χ1v) is 9.58. The topological polar surface area (TPSA) is 98.8 Å². The first-order valence-electron chi connectivity index (χ1n) is 8.70. The summed E-state index contributed by atoms with van der Waals surface area (Å²) < 4.78 is 15.7. The van der Waals surface area contributed by atoms with Crippen molar-refractivity contribution in [2.75, 3.05) is 24.5 Å². The lowest BCUT2D eigenvalue weighted by Gasteiger charge is -2.09. The predicted octanol–water partition coefficient (Wildman–Crippen LogP) is 3.31. The lowest BCUT2D eigenvalue weighted by atomic mass is 10.2. The van der Waals surface area contributed by atoms with Crippen LogP contribution in [-0.4, -0.2) is 30.7 Å². The van der Waals surface area contributed by atoms with Gasteiger partial charge in [-0.1, -0.05) is 12.1 Å². The molecule has 29 heavy (non-hydrogen) atoms. The number of nitrogens with one attached hydrogen (secondary N) is 2. The van der Waals surface area contributed by atoms with Gasteiger partial charge in [-0.3, -0.25) is 14.9 Å². The molecule has 2 amide bonds. The van der Waals surface area contributed by atoms with Gasteiger partial charge in [0.25, 0.3) is 5.91 Å². The molecule has 1 aromatic heterocycles. The number of ether oxygens (including phenoxy) is 3. The molecule has 0 saturated heterocycles. The van der Waals surface area contributed by atoms with Gasteiger partial charge in [-0.05, 0) is 30.3 Å². The summed E-state index contributed by atoms with van der Waals surface area (Å²) in [6.07, 6.45) is 0.0778. The van der Waals surface area contributed by atoms with Gasteiger partial charge in [-0.2, -0.15) is 0 Å². The number of benzene rings is 2. The number of nitrogens with zero attached hydrogens (tertiary/aromatic N) is 1. The Morgan fingerprint density at radius 2 is 1.97 bits per heavy atom. The number of methoxy groups -OCH3 is 1. The van der Waals surface area contributed by atoms with E-state index >= 15 is 0 Å². The van der Waals surface area contributed by atoms with Crippen LogP contribution in [0.25, 0.3) is 0 Å². The molecule has 2 heterocycles. The largest absolute Gasteiger partial charge is 0.495 e. The minimum atomic E-state index is -0.317. The summed E-state index contributed by atoms with van der Waals surface area (Å²) in [7, 11) is 1.54. The van der Waals surface area contributed by atoms with Crippen molar-refractivity contribution in [3.05, 3.63) is 59.1 Å². The Bertz CT molecular complexity index is 1070. The number of carbonyl (C=O) groups is 2. The first-order chi connectivity index (χ1) is 14.1. The molecule has 1 aliphatic rings. The quantitative estimate of drug-likeness (QED) is 0.646. The molecule has 0 spiro atoms. The third kappa shape index (κ3) is 4.30. The predicted molar refractivity (Wildman–Crippen MR) is 108 cm³/mol. The summed E-state index contributed by atoms with van der Waals surface area (Å²) in [6, 6.07) is 12.1. The Kier molecular flexibility index (Phi) is 5.30. The highest BCUT2D eigenvalue weighted by molar-refractivity contribution is 7.14. The van der Waals surface area contributed by atoms with Crippen LogP contribution >= 0.6 is 11.3 Å². The molecule has 0 aliphatic carbocycles. The van der Waals surface area contributed by atoms with E-state index in [1.807, 2.05) is 12.1 Å². The van der Waals surface area contributed by atoms with E-state index in [0.717, 1.165) is 0 Å². The third-order valence-electron chi connectivity index (χ3n) is 4.13. The Morgan fingerprint density at radius 1 is 1.14 bits per heavy atom. The number of carbonyl (C=O) groups excluding carboxylic acids is 2. The molecule has 0 fully saturated rings. The van der Waals surface area contributed by atoms with Gasteiger partial charge < -0.3 is 19.5 Å². The van der Waals surface area contributed by atoms with Crippen LogP contribution in [0.2, 0.25) is 0 Å². The van der Waals surface area contributed by atoms with E-state index in [0.29, 0.717) is 39.3 Å². The Labute approximate surface area is 170 Å². The summed E-state index contributed by atoms with van der Waals surface area (Å²) in [4.78, 5) is 29.0. The van der Waals surface area contributed by atoms with Gasteiger partial charge in [0.05, 0.1) is 24.9 Å². The van der Waals surface area contributed by atoms with Crippen molar-refractivity contribution in [2.45, 2.75) is 6.42 Å². The fraction of sp³-hybridized carbons (Fsp3) is 0.150. The number of fused-ring (bicyclic) bond motifs is 1. The minimum Gasteiger partial charge on any atom is -0.495 e. The van der Waals surface area contributed by atoms with Gasteiger partial charge in [0.15, 0.2) is 16.6 Å². The van der Waals surface area contributed by atoms with Crippen molar-refractivity contribution in [3.63, 3.8) is 0 Å². The molecular formula is C20H17N3O5S. The van der Waals surface area contributed by atoms with Crippen LogP contribution in [0.1, 0.15) is 16.1 Å². The van der Waals surface area contributed by atoms with Crippen molar-refractivity contribution in [2.24, 2.45) is 0 Å². The second kappa shape index (κ2) is 8.19. The second-order valence-electron chi connectivity index (χ2n) is 6.09. The van der Waals surface area contributed by atoms with Gasteiger partial charge in [0.2, 0.25) is 12.7 Å². The number of rotatable bonds is 6. The monoisotopic (exact) mass is 411 g/mol. The molecule has 8 nitrogen and oxygen atoms in total. The Hall–Kier alpha value is -3.59. The van der Waals surface area contributed by atoms with E-state index < -0.39 is 0 Å². The number of thiazole rings is 1. The molecule has 0 saturated carbocycles. The van der Waals surface area contributed by atoms with Crippen molar-refractivity contribution in [1.82, 2.24) is 4.98 Å². The van der Waals surface area contributed by atoms with Crippen LogP contribution < -0.4 is 24.8 Å². The van der Waals surface area contributed by atoms with E-state index in [-0.39, 0.29) is 25.0 Å². The zero-order valence-electron chi connectivity index (χ0n) is 15.4. The van der Waals surface area contributed by atoms with Crippen LogP contribution in [-0.2, 0) is 11.2 Å². The highest BCUT2D eigenvalue weighted by Crippen LogP contribution is 2.32. The summed E-state index contributed by atoms with van der Waals surface area (Å²) in [6.45, 7) is 0.146. The molecule has 3 aromatic rings. The SMILES string of the molecule is COc1ccccc1NC(=O)Cc1csc(NC(=O)c2ccc3c(c2)OCO3)n1. The molecule has 0 unspecified atom stereocenters. The third-order valence-corrected chi connectivity index (χ3v) is 4.94. The molecule has 0 atom stereocenters. The van der Waals surface area contributed by atoms with E-state index in [1.54, 1.807) is 42.8 Å². The number of hydrogen-bond donors (Lipinski definition) is 2. The fourth-order valence-corrected chi connectivity index (χ4v) is 3.46. The molecule has 9 heteroatoms. The summed E-state index contributed by atoms with van der Waals surface area (Å²) in [5, 5.41) is 7.67. The molecule has 4 rings (SSSR count). The summed E-state index contributed by atoms with van der Waals surface area (Å²) in [5.41, 5.74) is 1.58. The smallest absolute Gasteiger partial charge is 0.257 e. The first kappa shape index (κ1) is 18.8. The second-order valence-corrected chi connectivity index (χ2v) is 6.95. The zero-order chi connectivity index (χ0) is 20.2. The molecule has 0 bridgehead atoms. The van der Waals surface area contributed by atoms with Gasteiger partial charge in [0, 0.05) is 10.9 Å². The normalized spacial score (nSPS) is 11.8. The zero-order valence-corrected chi connectivity index (χ0v) is 16.2. The fourth-order valence-electron chi connectivity index (χ4n) is 2.76. The van der Waals surface area contributed by atoms with E-state index in [4.69, 9.17) is 14.2 Å². The van der Waals surface area contributed by atoms with Gasteiger partial charge >= 0.3 is 0 Å². The van der Waals surface area contributed by atoms with Crippen molar-refractivity contribution < 1.29 is 23.8 Å². The van der Waals surface area contributed by atoms with Gasteiger partial charge in [-0.15, -0.1) is 11.3 Å². The average molecular weight is 411 g/mol. The average Bonchev–Trinajstić information content (AvgIpc) is 3.36. The summed E-state index contributed by atoms with van der Waals surface area (Å²) in [5.74, 6) is 1.18.